The maximum Gasteiger partial charge on any atom is 0.234 e. The normalized spacial score (nSPS) is 29.2. The number of nitrogens with one attached hydrogen (secondary N) is 2. The van der Waals surface area contributed by atoms with E-state index >= 15 is 0 Å². The van der Waals surface area contributed by atoms with E-state index in [9.17, 15) is 4.79 Å². The summed E-state index contributed by atoms with van der Waals surface area (Å²) in [6, 6.07) is 0.299. The first-order valence-electron chi connectivity index (χ1n) is 6.91. The minimum Gasteiger partial charge on any atom is -0.353 e. The molecule has 1 amide bonds. The van der Waals surface area contributed by atoms with E-state index in [1.165, 1.54) is 13.0 Å². The van der Waals surface area contributed by atoms with Crippen LogP contribution in [0, 0.1) is 11.8 Å². The van der Waals surface area contributed by atoms with Crippen LogP contribution in [-0.2, 0) is 4.79 Å². The lowest BCUT2D eigenvalue weighted by Crippen LogP contribution is -2.46. The Morgan fingerprint density at radius 3 is 2.89 bits per heavy atom. The Balaban J connectivity index is 0.00000162. The fraction of sp³-hybridized carbons (Fsp3) is 0.923. The highest BCUT2D eigenvalue weighted by Gasteiger charge is 2.33. The van der Waals surface area contributed by atoms with Crippen LogP contribution < -0.4 is 10.6 Å². The summed E-state index contributed by atoms with van der Waals surface area (Å²) in [6.07, 6.45) is 2.24. The fourth-order valence-electron chi connectivity index (χ4n) is 2.88. The highest BCUT2D eigenvalue weighted by atomic mass is 35.5. The molecule has 2 fully saturated rings. The third-order valence-electron chi connectivity index (χ3n) is 4.18. The van der Waals surface area contributed by atoms with E-state index in [4.69, 9.17) is 0 Å². The second-order valence-corrected chi connectivity index (χ2v) is 5.58. The summed E-state index contributed by atoms with van der Waals surface area (Å²) in [5, 5.41) is 6.49. The monoisotopic (exact) mass is 275 g/mol. The third kappa shape index (κ3) is 4.11. The van der Waals surface area contributed by atoms with E-state index in [0.29, 0.717) is 12.6 Å². The van der Waals surface area contributed by atoms with Crippen molar-refractivity contribution in [2.45, 2.75) is 32.7 Å². The number of amides is 1. The molecule has 2 aliphatic rings. The SMILES string of the molecule is CCC(C)NC(=O)CN1CCC2CNCC2C1.Cl. The number of fused-ring (bicyclic) bond motifs is 1. The van der Waals surface area contributed by atoms with Gasteiger partial charge in [0.25, 0.3) is 0 Å². The number of carbonyl (C=O) groups excluding carboxylic acids is 1. The molecule has 5 heteroatoms. The summed E-state index contributed by atoms with van der Waals surface area (Å²) in [5.74, 6) is 1.80. The zero-order chi connectivity index (χ0) is 12.3. The van der Waals surface area contributed by atoms with Crippen molar-refractivity contribution in [1.29, 1.82) is 0 Å². The van der Waals surface area contributed by atoms with Gasteiger partial charge in [0.1, 0.15) is 0 Å². The van der Waals surface area contributed by atoms with Crippen molar-refractivity contribution >= 4 is 18.3 Å². The number of nitrogens with zero attached hydrogens (tertiary/aromatic N) is 1. The average Bonchev–Trinajstić information content (AvgIpc) is 2.75. The molecule has 0 radical (unpaired) electrons. The van der Waals surface area contributed by atoms with Gasteiger partial charge in [0.15, 0.2) is 0 Å². The van der Waals surface area contributed by atoms with Gasteiger partial charge in [-0.2, -0.15) is 0 Å². The molecule has 0 bridgehead atoms. The number of halogens is 1. The van der Waals surface area contributed by atoms with Gasteiger partial charge in [-0.05, 0) is 51.2 Å². The van der Waals surface area contributed by atoms with Gasteiger partial charge in [-0.15, -0.1) is 12.4 Å². The van der Waals surface area contributed by atoms with Crippen LogP contribution in [0.4, 0.5) is 0 Å². The lowest BCUT2D eigenvalue weighted by Gasteiger charge is -2.34. The van der Waals surface area contributed by atoms with Gasteiger partial charge in [0.05, 0.1) is 6.54 Å². The summed E-state index contributed by atoms with van der Waals surface area (Å²) in [4.78, 5) is 14.1. The molecule has 0 aliphatic carbocycles. The van der Waals surface area contributed by atoms with Crippen molar-refractivity contribution in [2.75, 3.05) is 32.7 Å². The molecule has 0 aromatic rings. The summed E-state index contributed by atoms with van der Waals surface area (Å²) >= 11 is 0. The minimum atomic E-state index is 0. The molecule has 2 rings (SSSR count). The second kappa shape index (κ2) is 7.31. The largest absolute Gasteiger partial charge is 0.353 e. The molecule has 2 saturated heterocycles. The topological polar surface area (TPSA) is 44.4 Å². The maximum absolute atomic E-state index is 11.8. The Hall–Kier alpha value is -0.320. The van der Waals surface area contributed by atoms with Crippen molar-refractivity contribution in [3.05, 3.63) is 0 Å². The molecule has 0 aromatic heterocycles. The van der Waals surface area contributed by atoms with Crippen LogP contribution >= 0.6 is 12.4 Å². The molecule has 3 unspecified atom stereocenters. The number of likely N-dealkylation sites (tertiary alicyclic amines) is 1. The Morgan fingerprint density at radius 2 is 2.17 bits per heavy atom. The summed E-state index contributed by atoms with van der Waals surface area (Å²) in [5.41, 5.74) is 0. The van der Waals surface area contributed by atoms with Gasteiger partial charge < -0.3 is 10.6 Å². The molecule has 3 atom stereocenters. The van der Waals surface area contributed by atoms with E-state index in [-0.39, 0.29) is 18.3 Å². The molecule has 4 nitrogen and oxygen atoms in total. The predicted octanol–water partition coefficient (Wildman–Crippen LogP) is 0.864. The second-order valence-electron chi connectivity index (χ2n) is 5.58. The van der Waals surface area contributed by atoms with E-state index in [1.807, 2.05) is 0 Å². The molecule has 0 spiro atoms. The van der Waals surface area contributed by atoms with Gasteiger partial charge in [-0.25, -0.2) is 0 Å². The molecule has 2 aliphatic heterocycles. The minimum absolute atomic E-state index is 0. The Morgan fingerprint density at radius 1 is 1.44 bits per heavy atom. The predicted molar refractivity (Wildman–Crippen MR) is 76.1 cm³/mol. The zero-order valence-electron chi connectivity index (χ0n) is 11.4. The Kier molecular flexibility index (Phi) is 6.39. The van der Waals surface area contributed by atoms with Gasteiger partial charge in [-0.1, -0.05) is 6.92 Å². The first-order chi connectivity index (χ1) is 8.19. The third-order valence-corrected chi connectivity index (χ3v) is 4.18. The van der Waals surface area contributed by atoms with E-state index < -0.39 is 0 Å². The summed E-state index contributed by atoms with van der Waals surface area (Å²) < 4.78 is 0. The van der Waals surface area contributed by atoms with Crippen LogP contribution in [-0.4, -0.2) is 49.6 Å². The standard InChI is InChI=1S/C13H25N3O.ClH/c1-3-10(2)15-13(17)9-16-5-4-11-6-14-7-12(11)8-16;/h10-12,14H,3-9H2,1-2H3,(H,15,17);1H. The van der Waals surface area contributed by atoms with Gasteiger partial charge in [0, 0.05) is 12.6 Å². The molecular formula is C13H26ClN3O. The van der Waals surface area contributed by atoms with Crippen molar-refractivity contribution in [1.82, 2.24) is 15.5 Å². The number of hydrogen-bond acceptors (Lipinski definition) is 3. The van der Waals surface area contributed by atoms with Crippen LogP contribution in [0.3, 0.4) is 0 Å². The highest BCUT2D eigenvalue weighted by Crippen LogP contribution is 2.26. The summed E-state index contributed by atoms with van der Waals surface area (Å²) in [6.45, 7) is 9.22. The number of carbonyl (C=O) groups is 1. The number of piperidine rings is 1. The quantitative estimate of drug-likeness (QED) is 0.800. The number of hydrogen-bond donors (Lipinski definition) is 2. The van der Waals surface area contributed by atoms with Crippen LogP contribution in [0.2, 0.25) is 0 Å². The Bertz CT molecular complexity index is 275. The zero-order valence-corrected chi connectivity index (χ0v) is 12.3. The first-order valence-corrected chi connectivity index (χ1v) is 6.91. The van der Waals surface area contributed by atoms with E-state index in [1.54, 1.807) is 0 Å². The van der Waals surface area contributed by atoms with E-state index in [2.05, 4.69) is 29.4 Å². The molecular weight excluding hydrogens is 250 g/mol. The molecule has 2 heterocycles. The van der Waals surface area contributed by atoms with E-state index in [0.717, 1.165) is 37.9 Å². The van der Waals surface area contributed by atoms with Crippen molar-refractivity contribution < 1.29 is 4.79 Å². The van der Waals surface area contributed by atoms with Crippen LogP contribution in [0.1, 0.15) is 26.7 Å². The first kappa shape index (κ1) is 15.7. The molecule has 106 valence electrons. The molecule has 2 N–H and O–H groups in total. The smallest absolute Gasteiger partial charge is 0.234 e. The lowest BCUT2D eigenvalue weighted by molar-refractivity contribution is -0.123. The van der Waals surface area contributed by atoms with Crippen molar-refractivity contribution in [3.63, 3.8) is 0 Å². The van der Waals surface area contributed by atoms with Crippen molar-refractivity contribution in [3.8, 4) is 0 Å². The van der Waals surface area contributed by atoms with Crippen LogP contribution in [0.5, 0.6) is 0 Å². The van der Waals surface area contributed by atoms with Gasteiger partial charge in [-0.3, -0.25) is 9.69 Å². The summed E-state index contributed by atoms with van der Waals surface area (Å²) in [7, 11) is 0. The highest BCUT2D eigenvalue weighted by molar-refractivity contribution is 5.85. The maximum atomic E-state index is 11.8. The molecule has 18 heavy (non-hydrogen) atoms. The Labute approximate surface area is 116 Å². The van der Waals surface area contributed by atoms with Crippen LogP contribution in [0.15, 0.2) is 0 Å². The number of rotatable bonds is 4. The fourth-order valence-corrected chi connectivity index (χ4v) is 2.88. The van der Waals surface area contributed by atoms with Gasteiger partial charge >= 0.3 is 0 Å². The van der Waals surface area contributed by atoms with Crippen molar-refractivity contribution in [2.24, 2.45) is 11.8 Å². The van der Waals surface area contributed by atoms with Crippen LogP contribution in [0.25, 0.3) is 0 Å². The lowest BCUT2D eigenvalue weighted by atomic mass is 9.89. The van der Waals surface area contributed by atoms with Gasteiger partial charge in [0.2, 0.25) is 5.91 Å². The average molecular weight is 276 g/mol. The molecule has 0 aromatic carbocycles. The molecule has 0 saturated carbocycles.